The topological polar surface area (TPSA) is 51.5 Å². The number of nitrogens with one attached hydrogen (secondary N) is 1. The summed E-state index contributed by atoms with van der Waals surface area (Å²) in [4.78, 5) is 11.3. The fourth-order valence-electron chi connectivity index (χ4n) is 1.17. The number of esters is 1. The van der Waals surface area contributed by atoms with E-state index >= 15 is 0 Å². The number of carbonyl (C=O) groups is 1. The zero-order chi connectivity index (χ0) is 11.8. The van der Waals surface area contributed by atoms with Gasteiger partial charge >= 0.3 is 5.97 Å². The Labute approximate surface area is 99.7 Å². The first-order chi connectivity index (χ1) is 7.77. The average Bonchev–Trinajstić information content (AvgIpc) is 2.73. The molecule has 0 radical (unpaired) electrons. The van der Waals surface area contributed by atoms with Crippen LogP contribution in [0.3, 0.4) is 0 Å². The Morgan fingerprint density at radius 2 is 2.38 bits per heavy atom. The molecule has 1 N–H and O–H groups in total. The molecule has 16 heavy (non-hydrogen) atoms. The Kier molecular flexibility index (Phi) is 6.03. The lowest BCUT2D eigenvalue weighted by molar-refractivity contribution is 0.0488. The molecule has 5 heteroatoms. The normalized spacial score (nSPS) is 10.4. The first kappa shape index (κ1) is 13.1. The molecule has 0 aliphatic carbocycles. The van der Waals surface area contributed by atoms with Crippen molar-refractivity contribution in [3.05, 3.63) is 23.7 Å². The van der Waals surface area contributed by atoms with E-state index in [4.69, 9.17) is 9.15 Å². The standard InChI is InChI=1S/C11H17NO3S/c1-3-14-11(13)10-5-4-9(15-10)8-12-6-7-16-2/h4-5,12H,3,6-8H2,1-2H3. The van der Waals surface area contributed by atoms with E-state index in [1.807, 2.05) is 0 Å². The van der Waals surface area contributed by atoms with E-state index in [-0.39, 0.29) is 5.76 Å². The summed E-state index contributed by atoms with van der Waals surface area (Å²) < 4.78 is 10.2. The maximum absolute atomic E-state index is 11.3. The van der Waals surface area contributed by atoms with Crippen LogP contribution < -0.4 is 5.32 Å². The van der Waals surface area contributed by atoms with Crippen molar-refractivity contribution >= 4 is 17.7 Å². The van der Waals surface area contributed by atoms with Crippen molar-refractivity contribution in [1.29, 1.82) is 0 Å². The van der Waals surface area contributed by atoms with Gasteiger partial charge in [-0.1, -0.05) is 0 Å². The van der Waals surface area contributed by atoms with Crippen LogP contribution in [-0.4, -0.2) is 31.1 Å². The number of hydrogen-bond donors (Lipinski definition) is 1. The molecule has 1 heterocycles. The Balaban J connectivity index is 2.36. The van der Waals surface area contributed by atoms with Crippen LogP contribution in [-0.2, 0) is 11.3 Å². The minimum absolute atomic E-state index is 0.267. The van der Waals surface area contributed by atoms with E-state index in [2.05, 4.69) is 11.6 Å². The molecule has 0 atom stereocenters. The highest BCUT2D eigenvalue weighted by atomic mass is 32.2. The van der Waals surface area contributed by atoms with Crippen LogP contribution in [0.4, 0.5) is 0 Å². The molecule has 0 saturated heterocycles. The summed E-state index contributed by atoms with van der Waals surface area (Å²) in [6.07, 6.45) is 2.06. The molecular weight excluding hydrogens is 226 g/mol. The third-order valence-electron chi connectivity index (χ3n) is 1.92. The fraction of sp³-hybridized carbons (Fsp3) is 0.545. The second-order valence-electron chi connectivity index (χ2n) is 3.16. The molecule has 0 amide bonds. The highest BCUT2D eigenvalue weighted by molar-refractivity contribution is 7.98. The number of ether oxygens (including phenoxy) is 1. The number of hydrogen-bond acceptors (Lipinski definition) is 5. The summed E-state index contributed by atoms with van der Waals surface area (Å²) in [5, 5.41) is 3.22. The Morgan fingerprint density at radius 1 is 1.56 bits per heavy atom. The van der Waals surface area contributed by atoms with Gasteiger partial charge in [0, 0.05) is 12.3 Å². The molecule has 1 aromatic heterocycles. The molecule has 0 aromatic carbocycles. The van der Waals surface area contributed by atoms with Gasteiger partial charge in [0.05, 0.1) is 13.2 Å². The highest BCUT2D eigenvalue weighted by Crippen LogP contribution is 2.09. The van der Waals surface area contributed by atoms with Crippen molar-refractivity contribution in [2.24, 2.45) is 0 Å². The molecule has 0 spiro atoms. The lowest BCUT2D eigenvalue weighted by Crippen LogP contribution is -2.15. The van der Waals surface area contributed by atoms with Crippen LogP contribution in [0.2, 0.25) is 0 Å². The molecule has 4 nitrogen and oxygen atoms in total. The zero-order valence-electron chi connectivity index (χ0n) is 9.62. The first-order valence-corrected chi connectivity index (χ1v) is 6.62. The number of furan rings is 1. The van der Waals surface area contributed by atoms with Crippen molar-refractivity contribution in [1.82, 2.24) is 5.32 Å². The number of thioether (sulfide) groups is 1. The monoisotopic (exact) mass is 243 g/mol. The zero-order valence-corrected chi connectivity index (χ0v) is 10.4. The first-order valence-electron chi connectivity index (χ1n) is 5.23. The second kappa shape index (κ2) is 7.35. The van der Waals surface area contributed by atoms with Gasteiger partial charge < -0.3 is 14.5 Å². The van der Waals surface area contributed by atoms with Crippen LogP contribution in [0.15, 0.2) is 16.5 Å². The molecule has 0 aliphatic rings. The Bertz CT molecular complexity index is 325. The van der Waals surface area contributed by atoms with Crippen LogP contribution in [0.25, 0.3) is 0 Å². The largest absolute Gasteiger partial charge is 0.460 e. The van der Waals surface area contributed by atoms with E-state index in [1.54, 1.807) is 30.8 Å². The van der Waals surface area contributed by atoms with Crippen molar-refractivity contribution in [2.45, 2.75) is 13.5 Å². The van der Waals surface area contributed by atoms with E-state index in [9.17, 15) is 4.79 Å². The van der Waals surface area contributed by atoms with E-state index in [1.165, 1.54) is 0 Å². The van der Waals surface area contributed by atoms with Crippen LogP contribution in [0, 0.1) is 0 Å². The van der Waals surface area contributed by atoms with E-state index in [0.29, 0.717) is 13.2 Å². The molecule has 1 rings (SSSR count). The van der Waals surface area contributed by atoms with Gasteiger partial charge in [-0.05, 0) is 25.3 Å². The van der Waals surface area contributed by atoms with Crippen LogP contribution >= 0.6 is 11.8 Å². The lowest BCUT2D eigenvalue weighted by atomic mass is 10.4. The summed E-state index contributed by atoms with van der Waals surface area (Å²) in [6.45, 7) is 3.70. The fourth-order valence-corrected chi connectivity index (χ4v) is 1.52. The number of rotatable bonds is 7. The van der Waals surface area contributed by atoms with E-state index in [0.717, 1.165) is 18.1 Å². The molecule has 0 bridgehead atoms. The molecule has 90 valence electrons. The molecule has 0 unspecified atom stereocenters. The Hall–Kier alpha value is -0.940. The van der Waals surface area contributed by atoms with Crippen molar-refractivity contribution in [3.8, 4) is 0 Å². The molecule has 0 fully saturated rings. The highest BCUT2D eigenvalue weighted by Gasteiger charge is 2.11. The lowest BCUT2D eigenvalue weighted by Gasteiger charge is -2.00. The van der Waals surface area contributed by atoms with Crippen molar-refractivity contribution in [2.75, 3.05) is 25.2 Å². The van der Waals surface area contributed by atoms with Gasteiger partial charge in [0.2, 0.25) is 5.76 Å². The molecule has 1 aromatic rings. The predicted molar refractivity (Wildman–Crippen MR) is 64.8 cm³/mol. The second-order valence-corrected chi connectivity index (χ2v) is 4.14. The summed E-state index contributed by atoms with van der Waals surface area (Å²) in [5.41, 5.74) is 0. The SMILES string of the molecule is CCOC(=O)c1ccc(CNCCSC)o1. The van der Waals surface area contributed by atoms with Gasteiger partial charge in [0.1, 0.15) is 5.76 Å². The molecular formula is C11H17NO3S. The third kappa shape index (κ3) is 4.28. The maximum atomic E-state index is 11.3. The van der Waals surface area contributed by atoms with Gasteiger partial charge in [-0.2, -0.15) is 11.8 Å². The maximum Gasteiger partial charge on any atom is 0.374 e. The van der Waals surface area contributed by atoms with Gasteiger partial charge in [-0.15, -0.1) is 0 Å². The Morgan fingerprint density at radius 3 is 3.06 bits per heavy atom. The third-order valence-corrected chi connectivity index (χ3v) is 2.53. The quantitative estimate of drug-likeness (QED) is 0.585. The summed E-state index contributed by atoms with van der Waals surface area (Å²) in [5.74, 6) is 1.68. The number of carbonyl (C=O) groups excluding carboxylic acids is 1. The summed E-state index contributed by atoms with van der Waals surface area (Å²) >= 11 is 1.79. The molecule has 0 saturated carbocycles. The van der Waals surface area contributed by atoms with Crippen LogP contribution in [0.5, 0.6) is 0 Å². The summed E-state index contributed by atoms with van der Waals surface area (Å²) in [7, 11) is 0. The minimum Gasteiger partial charge on any atom is -0.460 e. The molecule has 0 aliphatic heterocycles. The smallest absolute Gasteiger partial charge is 0.374 e. The predicted octanol–water partition coefficient (Wildman–Crippen LogP) is 1.91. The van der Waals surface area contributed by atoms with Crippen LogP contribution in [0.1, 0.15) is 23.2 Å². The van der Waals surface area contributed by atoms with Crippen molar-refractivity contribution in [3.63, 3.8) is 0 Å². The van der Waals surface area contributed by atoms with E-state index < -0.39 is 5.97 Å². The minimum atomic E-state index is -0.405. The van der Waals surface area contributed by atoms with Crippen molar-refractivity contribution < 1.29 is 13.9 Å². The average molecular weight is 243 g/mol. The van der Waals surface area contributed by atoms with Gasteiger partial charge in [-0.3, -0.25) is 0 Å². The van der Waals surface area contributed by atoms with Gasteiger partial charge in [0.15, 0.2) is 0 Å². The summed E-state index contributed by atoms with van der Waals surface area (Å²) in [6, 6.07) is 3.43. The van der Waals surface area contributed by atoms with Gasteiger partial charge in [-0.25, -0.2) is 4.79 Å². The van der Waals surface area contributed by atoms with Gasteiger partial charge in [0.25, 0.3) is 0 Å².